The second kappa shape index (κ2) is 6.96. The zero-order valence-electron chi connectivity index (χ0n) is 15.0. The van der Waals surface area contributed by atoms with Crippen molar-refractivity contribution in [2.75, 3.05) is 26.3 Å². The molecule has 0 atom stereocenters. The highest BCUT2D eigenvalue weighted by molar-refractivity contribution is 14.2. The number of ether oxygens (including phenoxy) is 1. The van der Waals surface area contributed by atoms with Gasteiger partial charge in [-0.05, 0) is 40.0 Å². The average Bonchev–Trinajstić information content (AvgIpc) is 2.96. The Labute approximate surface area is 186 Å². The first-order chi connectivity index (χ1) is 13.5. The van der Waals surface area contributed by atoms with E-state index < -0.39 is 0 Å². The number of aromatic nitrogens is 3. The molecule has 0 unspecified atom stereocenters. The molecule has 1 aromatic carbocycles. The van der Waals surface area contributed by atoms with E-state index in [9.17, 15) is 4.79 Å². The maximum atomic E-state index is 12.9. The van der Waals surface area contributed by atoms with Crippen molar-refractivity contribution in [3.8, 4) is 11.1 Å². The van der Waals surface area contributed by atoms with Crippen molar-refractivity contribution < 1.29 is 9.53 Å². The summed E-state index contributed by atoms with van der Waals surface area (Å²) in [4.78, 5) is 23.9. The number of fused-ring (bicyclic) bond motifs is 1. The molecule has 9 heteroatoms. The van der Waals surface area contributed by atoms with E-state index in [1.807, 2.05) is 34.1 Å². The fraction of sp³-hybridized carbons (Fsp3) is 0.316. The minimum absolute atomic E-state index is 0.106. The van der Waals surface area contributed by atoms with Crippen LogP contribution in [0.15, 0.2) is 35.2 Å². The van der Waals surface area contributed by atoms with Crippen LogP contribution in [0.4, 0.5) is 0 Å². The molecule has 2 aliphatic heterocycles. The van der Waals surface area contributed by atoms with Crippen LogP contribution in [0.2, 0.25) is 0 Å². The lowest BCUT2D eigenvalue weighted by Crippen LogP contribution is -2.67. The molecule has 1 spiro atoms. The molecule has 2 fully saturated rings. The number of likely N-dealkylation sites (tertiary alicyclic amines) is 1. The summed E-state index contributed by atoms with van der Waals surface area (Å²) in [6.45, 7) is 5.16. The third-order valence-corrected chi connectivity index (χ3v) is 7.51. The second-order valence-corrected chi connectivity index (χ2v) is 10.0. The van der Waals surface area contributed by atoms with Gasteiger partial charge in [0.1, 0.15) is 10.1 Å². The molecule has 0 radical (unpaired) electrons. The molecule has 0 aliphatic carbocycles. The average molecular weight is 571 g/mol. The van der Waals surface area contributed by atoms with E-state index in [0.717, 1.165) is 59.7 Å². The molecule has 6 nitrogen and oxygen atoms in total. The van der Waals surface area contributed by atoms with E-state index in [1.165, 1.54) is 0 Å². The lowest BCUT2D eigenvalue weighted by Gasteiger charge is -2.55. The fourth-order valence-electron chi connectivity index (χ4n) is 3.93. The molecule has 0 saturated carbocycles. The topological polar surface area (TPSA) is 60.2 Å². The van der Waals surface area contributed by atoms with Gasteiger partial charge in [-0.1, -0.05) is 12.1 Å². The van der Waals surface area contributed by atoms with Gasteiger partial charge in [0, 0.05) is 60.7 Å². The molecule has 3 aromatic rings. The summed E-state index contributed by atoms with van der Waals surface area (Å²) in [7, 11) is 1.55. The number of halogens is 2. The number of carbonyl (C=O) groups excluding carboxylic acids is 1. The molecule has 2 aliphatic rings. The molecular weight excluding hydrogens is 555 g/mol. The van der Waals surface area contributed by atoms with Crippen LogP contribution in [0.5, 0.6) is 0 Å². The summed E-state index contributed by atoms with van der Waals surface area (Å²) in [5, 5.41) is 0. The summed E-state index contributed by atoms with van der Waals surface area (Å²) in [5.41, 5.74) is 5.66. The number of benzene rings is 1. The Kier molecular flexibility index (Phi) is 4.68. The van der Waals surface area contributed by atoms with Crippen LogP contribution in [0.25, 0.3) is 22.3 Å². The zero-order valence-corrected chi connectivity index (χ0v) is 19.5. The first-order valence-corrected chi connectivity index (χ1v) is 12.9. The molecule has 0 N–H and O–H groups in total. The molecule has 1 amide bonds. The van der Waals surface area contributed by atoms with Gasteiger partial charge in [0.05, 0.1) is 24.8 Å². The van der Waals surface area contributed by atoms with Crippen molar-refractivity contribution in [3.63, 3.8) is 0 Å². The van der Waals surface area contributed by atoms with Gasteiger partial charge >= 0.3 is 0 Å². The Hall–Kier alpha value is -1.17. The quantitative estimate of drug-likeness (QED) is 0.434. The Morgan fingerprint density at radius 3 is 2.79 bits per heavy atom. The van der Waals surface area contributed by atoms with Gasteiger partial charge < -0.3 is 9.64 Å². The zero-order chi connectivity index (χ0) is 19.5. The highest BCUT2D eigenvalue weighted by atomic mass is 127. The molecule has 2 aromatic heterocycles. The first-order valence-electron chi connectivity index (χ1n) is 8.80. The maximum Gasteiger partial charge on any atom is 0.254 e. The van der Waals surface area contributed by atoms with Crippen molar-refractivity contribution in [1.29, 1.82) is 0 Å². The van der Waals surface area contributed by atoms with E-state index >= 15 is 0 Å². The molecule has 4 heterocycles. The Morgan fingerprint density at radius 2 is 2.14 bits per heavy atom. The minimum Gasteiger partial charge on any atom is -0.380 e. The Bertz CT molecular complexity index is 1110. The van der Waals surface area contributed by atoms with E-state index in [-0.39, 0.29) is 11.3 Å². The molecule has 2 saturated heterocycles. The van der Waals surface area contributed by atoms with Gasteiger partial charge in [-0.15, -0.1) is 0 Å². The van der Waals surface area contributed by atoms with Crippen molar-refractivity contribution in [1.82, 2.24) is 18.8 Å². The van der Waals surface area contributed by atoms with Gasteiger partial charge in [-0.2, -0.15) is 0 Å². The van der Waals surface area contributed by atoms with E-state index in [1.54, 1.807) is 15.3 Å². The normalized spacial score (nSPS) is 17.6. The largest absolute Gasteiger partial charge is 0.380 e. The van der Waals surface area contributed by atoms with Crippen LogP contribution in [0.3, 0.4) is 0 Å². The van der Waals surface area contributed by atoms with Crippen molar-refractivity contribution >= 4 is 63.3 Å². The summed E-state index contributed by atoms with van der Waals surface area (Å²) >= 11 is 5.65. The van der Waals surface area contributed by atoms with Crippen LogP contribution in [0.1, 0.15) is 15.9 Å². The smallest absolute Gasteiger partial charge is 0.254 e. The highest BCUT2D eigenvalue weighted by Gasteiger charge is 2.50. The number of rotatable bonds is 3. The molecular formula is C19H16BrIN4O2S. The lowest BCUT2D eigenvalue weighted by molar-refractivity contribution is -0.176. The SMILES string of the molecule is Cc1cc(-c2cn(SI)c3ncc(Br)nc23)ccc1C(=O)N1CC2(COC2)C1. The minimum atomic E-state index is 0.106. The molecule has 144 valence electrons. The standard InChI is InChI=1S/C19H16BrIN4O2S/c1-11-4-12(14-6-25(28-21)17-16(14)23-15(20)5-22-17)2-3-13(11)18(26)24-7-19(8-24)9-27-10-19/h2-6H,7-10H2,1H3. The highest BCUT2D eigenvalue weighted by Crippen LogP contribution is 2.39. The van der Waals surface area contributed by atoms with Crippen LogP contribution < -0.4 is 0 Å². The van der Waals surface area contributed by atoms with E-state index in [2.05, 4.69) is 53.2 Å². The lowest BCUT2D eigenvalue weighted by atomic mass is 9.77. The van der Waals surface area contributed by atoms with Gasteiger partial charge in [0.2, 0.25) is 0 Å². The third kappa shape index (κ3) is 2.98. The van der Waals surface area contributed by atoms with E-state index in [4.69, 9.17) is 4.74 Å². The van der Waals surface area contributed by atoms with Crippen molar-refractivity contribution in [2.24, 2.45) is 5.41 Å². The Balaban J connectivity index is 1.48. The van der Waals surface area contributed by atoms with Crippen LogP contribution in [-0.4, -0.2) is 51.1 Å². The third-order valence-electron chi connectivity index (χ3n) is 5.43. The fourth-order valence-corrected chi connectivity index (χ4v) is 5.45. The second-order valence-electron chi connectivity index (χ2n) is 7.49. The number of hydrogen-bond donors (Lipinski definition) is 0. The van der Waals surface area contributed by atoms with Crippen LogP contribution >= 0.6 is 46.3 Å². The first kappa shape index (κ1) is 18.8. The monoisotopic (exact) mass is 570 g/mol. The number of amides is 1. The summed E-state index contributed by atoms with van der Waals surface area (Å²) in [5.74, 6) is 0.106. The summed E-state index contributed by atoms with van der Waals surface area (Å²) in [6, 6.07) is 6.00. The van der Waals surface area contributed by atoms with E-state index in [0.29, 0.717) is 4.60 Å². The van der Waals surface area contributed by atoms with Crippen molar-refractivity contribution in [2.45, 2.75) is 6.92 Å². The molecule has 5 rings (SSSR count). The van der Waals surface area contributed by atoms with Gasteiger partial charge in [-0.3, -0.25) is 8.77 Å². The molecule has 0 bridgehead atoms. The Morgan fingerprint density at radius 1 is 1.36 bits per heavy atom. The van der Waals surface area contributed by atoms with Gasteiger partial charge in [0.15, 0.2) is 5.65 Å². The maximum absolute atomic E-state index is 12.9. The van der Waals surface area contributed by atoms with Gasteiger partial charge in [0.25, 0.3) is 5.91 Å². The number of nitrogens with zero attached hydrogens (tertiary/aromatic N) is 4. The summed E-state index contributed by atoms with van der Waals surface area (Å²) < 4.78 is 8.00. The number of hydrogen-bond acceptors (Lipinski definition) is 5. The summed E-state index contributed by atoms with van der Waals surface area (Å²) in [6.07, 6.45) is 3.75. The van der Waals surface area contributed by atoms with Gasteiger partial charge in [-0.25, -0.2) is 9.97 Å². The van der Waals surface area contributed by atoms with Crippen LogP contribution in [0, 0.1) is 12.3 Å². The predicted molar refractivity (Wildman–Crippen MR) is 122 cm³/mol. The number of carbonyl (C=O) groups is 1. The predicted octanol–water partition coefficient (Wildman–Crippen LogP) is 4.49. The van der Waals surface area contributed by atoms with Crippen molar-refractivity contribution in [3.05, 3.63) is 46.3 Å². The van der Waals surface area contributed by atoms with Crippen LogP contribution in [-0.2, 0) is 4.74 Å². The molecule has 28 heavy (non-hydrogen) atoms. The number of aryl methyl sites for hydroxylation is 1.